The van der Waals surface area contributed by atoms with E-state index < -0.39 is 9.84 Å². The minimum atomic E-state index is -2.90. The van der Waals surface area contributed by atoms with Crippen LogP contribution in [-0.2, 0) is 16.3 Å². The van der Waals surface area contributed by atoms with Crippen LogP contribution in [0.25, 0.3) is 0 Å². The monoisotopic (exact) mass is 231 g/mol. The molecule has 0 amide bonds. The first-order chi connectivity index (χ1) is 7.11. The molecule has 0 radical (unpaired) electrons. The van der Waals surface area contributed by atoms with Crippen LogP contribution in [0, 0.1) is 0 Å². The second-order valence-corrected chi connectivity index (χ2v) is 5.90. The molecule has 2 N–H and O–H groups in total. The highest BCUT2D eigenvalue weighted by Gasteiger charge is 2.32. The van der Waals surface area contributed by atoms with Gasteiger partial charge in [-0.05, 0) is 6.42 Å². The Bertz CT molecular complexity index is 440. The molecule has 0 spiro atoms. The molecule has 0 bridgehead atoms. The third-order valence-corrected chi connectivity index (χ3v) is 4.19. The van der Waals surface area contributed by atoms with Gasteiger partial charge in [-0.25, -0.2) is 8.42 Å². The van der Waals surface area contributed by atoms with E-state index in [1.165, 1.54) is 0 Å². The maximum absolute atomic E-state index is 11.2. The lowest BCUT2D eigenvalue weighted by Gasteiger charge is -1.98. The summed E-state index contributed by atoms with van der Waals surface area (Å²) in [5, 5.41) is 7.65. The molecular formula is C8H13N3O3S. The highest BCUT2D eigenvalue weighted by Crippen LogP contribution is 2.27. The summed E-state index contributed by atoms with van der Waals surface area (Å²) in [6.07, 6.45) is 1.11. The number of nitrogens with zero attached hydrogens (tertiary/aromatic N) is 2. The minimum Gasteiger partial charge on any atom is -0.425 e. The van der Waals surface area contributed by atoms with E-state index in [0.717, 1.165) is 0 Å². The van der Waals surface area contributed by atoms with Crippen LogP contribution in [0.5, 0.6) is 0 Å². The van der Waals surface area contributed by atoms with Gasteiger partial charge in [0.15, 0.2) is 9.84 Å². The summed E-state index contributed by atoms with van der Waals surface area (Å²) in [5.74, 6) is 1.12. The van der Waals surface area contributed by atoms with Crippen LogP contribution in [0.1, 0.15) is 24.1 Å². The van der Waals surface area contributed by atoms with Gasteiger partial charge >= 0.3 is 0 Å². The highest BCUT2D eigenvalue weighted by molar-refractivity contribution is 7.91. The van der Waals surface area contributed by atoms with Gasteiger partial charge < -0.3 is 10.2 Å². The zero-order chi connectivity index (χ0) is 10.9. The van der Waals surface area contributed by atoms with Crippen LogP contribution < -0.4 is 5.73 Å². The Morgan fingerprint density at radius 1 is 1.47 bits per heavy atom. The smallest absolute Gasteiger partial charge is 0.220 e. The summed E-state index contributed by atoms with van der Waals surface area (Å²) >= 11 is 0. The van der Waals surface area contributed by atoms with Gasteiger partial charge in [-0.15, -0.1) is 10.2 Å². The molecular weight excluding hydrogens is 218 g/mol. The van der Waals surface area contributed by atoms with Crippen molar-refractivity contribution in [2.75, 3.05) is 18.1 Å². The van der Waals surface area contributed by atoms with E-state index in [4.69, 9.17) is 10.2 Å². The van der Waals surface area contributed by atoms with Crippen molar-refractivity contribution < 1.29 is 12.8 Å². The second kappa shape index (κ2) is 3.90. The van der Waals surface area contributed by atoms with Crippen molar-refractivity contribution in [1.29, 1.82) is 0 Å². The average molecular weight is 231 g/mol. The van der Waals surface area contributed by atoms with Crippen LogP contribution in [0.3, 0.4) is 0 Å². The highest BCUT2D eigenvalue weighted by atomic mass is 32.2. The van der Waals surface area contributed by atoms with Crippen molar-refractivity contribution in [3.8, 4) is 0 Å². The van der Waals surface area contributed by atoms with Crippen molar-refractivity contribution in [2.45, 2.75) is 18.8 Å². The molecule has 6 nitrogen and oxygen atoms in total. The number of hydrogen-bond donors (Lipinski definition) is 1. The summed E-state index contributed by atoms with van der Waals surface area (Å²) < 4.78 is 27.8. The first-order valence-electron chi connectivity index (χ1n) is 4.83. The van der Waals surface area contributed by atoms with Gasteiger partial charge in [-0.1, -0.05) is 0 Å². The van der Waals surface area contributed by atoms with Crippen molar-refractivity contribution in [1.82, 2.24) is 10.2 Å². The maximum Gasteiger partial charge on any atom is 0.220 e. The summed E-state index contributed by atoms with van der Waals surface area (Å²) in [6, 6.07) is 0. The number of aromatic nitrogens is 2. The average Bonchev–Trinajstić information content (AvgIpc) is 2.73. The van der Waals surface area contributed by atoms with Crippen LogP contribution in [0.15, 0.2) is 4.42 Å². The minimum absolute atomic E-state index is 0.122. The van der Waals surface area contributed by atoms with E-state index in [1.807, 2.05) is 0 Å². The SMILES string of the molecule is NCCc1nnc(C2CCS(=O)(=O)C2)o1. The molecule has 1 aromatic rings. The first kappa shape index (κ1) is 10.6. The van der Waals surface area contributed by atoms with Crippen molar-refractivity contribution in [3.05, 3.63) is 11.8 Å². The molecule has 0 aromatic carbocycles. The van der Waals surface area contributed by atoms with Gasteiger partial charge in [0, 0.05) is 13.0 Å². The molecule has 84 valence electrons. The molecule has 2 rings (SSSR count). The lowest BCUT2D eigenvalue weighted by Crippen LogP contribution is -2.04. The van der Waals surface area contributed by atoms with Crippen molar-refractivity contribution in [3.63, 3.8) is 0 Å². The van der Waals surface area contributed by atoms with Gasteiger partial charge in [-0.2, -0.15) is 0 Å². The van der Waals surface area contributed by atoms with E-state index in [-0.39, 0.29) is 17.4 Å². The van der Waals surface area contributed by atoms with Gasteiger partial charge in [0.05, 0.1) is 17.4 Å². The zero-order valence-electron chi connectivity index (χ0n) is 8.22. The number of sulfone groups is 1. The number of hydrogen-bond acceptors (Lipinski definition) is 6. The van der Waals surface area contributed by atoms with Crippen LogP contribution in [-0.4, -0.2) is 36.7 Å². The van der Waals surface area contributed by atoms with Crippen LogP contribution >= 0.6 is 0 Å². The van der Waals surface area contributed by atoms with E-state index in [9.17, 15) is 8.42 Å². The van der Waals surface area contributed by atoms with E-state index >= 15 is 0 Å². The Kier molecular flexibility index (Phi) is 2.74. The molecule has 7 heteroatoms. The standard InChI is InChI=1S/C8H13N3O3S/c9-3-1-7-10-11-8(14-7)6-2-4-15(12,13)5-6/h6H,1-5,9H2. The largest absolute Gasteiger partial charge is 0.425 e. The summed E-state index contributed by atoms with van der Waals surface area (Å²) in [4.78, 5) is 0. The summed E-state index contributed by atoms with van der Waals surface area (Å²) in [6.45, 7) is 0.449. The molecule has 0 aliphatic carbocycles. The first-order valence-corrected chi connectivity index (χ1v) is 6.65. The Morgan fingerprint density at radius 3 is 2.87 bits per heavy atom. The lowest BCUT2D eigenvalue weighted by molar-refractivity contribution is 0.426. The molecule has 1 unspecified atom stereocenters. The van der Waals surface area contributed by atoms with Gasteiger partial charge in [0.2, 0.25) is 11.8 Å². The molecule has 1 atom stereocenters. The fourth-order valence-corrected chi connectivity index (χ4v) is 3.38. The van der Waals surface area contributed by atoms with E-state index in [0.29, 0.717) is 31.2 Å². The molecule has 1 aliphatic heterocycles. The maximum atomic E-state index is 11.2. The fourth-order valence-electron chi connectivity index (χ4n) is 1.65. The predicted octanol–water partition coefficient (Wildman–Crippen LogP) is -0.527. The topological polar surface area (TPSA) is 99.1 Å². The third kappa shape index (κ3) is 2.35. The molecule has 0 saturated carbocycles. The quantitative estimate of drug-likeness (QED) is 0.751. The summed E-state index contributed by atoms with van der Waals surface area (Å²) in [5.41, 5.74) is 5.34. The zero-order valence-corrected chi connectivity index (χ0v) is 9.03. The Labute approximate surface area is 87.8 Å². The Morgan fingerprint density at radius 2 is 2.27 bits per heavy atom. The Hall–Kier alpha value is -0.950. The van der Waals surface area contributed by atoms with Gasteiger partial charge in [0.25, 0.3) is 0 Å². The molecule has 1 aliphatic rings. The van der Waals surface area contributed by atoms with Gasteiger partial charge in [-0.3, -0.25) is 0 Å². The molecule has 15 heavy (non-hydrogen) atoms. The third-order valence-electron chi connectivity index (χ3n) is 2.42. The Balaban J connectivity index is 2.10. The normalized spacial score (nSPS) is 24.5. The molecule has 1 saturated heterocycles. The van der Waals surface area contributed by atoms with Crippen LogP contribution in [0.4, 0.5) is 0 Å². The van der Waals surface area contributed by atoms with Crippen molar-refractivity contribution in [2.24, 2.45) is 5.73 Å². The predicted molar refractivity (Wildman–Crippen MR) is 53.1 cm³/mol. The van der Waals surface area contributed by atoms with Crippen molar-refractivity contribution >= 4 is 9.84 Å². The van der Waals surface area contributed by atoms with E-state index in [2.05, 4.69) is 10.2 Å². The molecule has 2 heterocycles. The van der Waals surface area contributed by atoms with E-state index in [1.54, 1.807) is 0 Å². The van der Waals surface area contributed by atoms with Crippen LogP contribution in [0.2, 0.25) is 0 Å². The second-order valence-electron chi connectivity index (χ2n) is 3.67. The fraction of sp³-hybridized carbons (Fsp3) is 0.750. The molecule has 1 aromatic heterocycles. The lowest BCUT2D eigenvalue weighted by atomic mass is 10.1. The van der Waals surface area contributed by atoms with Gasteiger partial charge in [0.1, 0.15) is 0 Å². The summed E-state index contributed by atoms with van der Waals surface area (Å²) in [7, 11) is -2.90. The number of rotatable bonds is 3. The number of nitrogens with two attached hydrogens (primary N) is 1. The molecule has 1 fully saturated rings.